The van der Waals surface area contributed by atoms with Gasteiger partial charge in [-0.05, 0) is 43.9 Å². The second-order valence-corrected chi connectivity index (χ2v) is 6.09. The molecule has 24 heavy (non-hydrogen) atoms. The normalized spacial score (nSPS) is 17.4. The van der Waals surface area contributed by atoms with Crippen molar-refractivity contribution in [3.05, 3.63) is 35.2 Å². The Morgan fingerprint density at radius 1 is 1.17 bits per heavy atom. The van der Waals surface area contributed by atoms with E-state index in [1.54, 1.807) is 17.0 Å². The highest BCUT2D eigenvalue weighted by Crippen LogP contribution is 2.22. The number of nitrogens with two attached hydrogens (primary N) is 1. The Balaban J connectivity index is 1.98. The minimum Gasteiger partial charge on any atom is -0.368 e. The molecular formula is C18H22N4O2. The van der Waals surface area contributed by atoms with Gasteiger partial charge in [-0.1, -0.05) is 13.8 Å². The number of carbonyl (C=O) groups excluding carboxylic acids is 2. The number of aromatic nitrogens is 2. The summed E-state index contributed by atoms with van der Waals surface area (Å²) in [7, 11) is 0. The lowest BCUT2D eigenvalue weighted by Gasteiger charge is -2.22. The number of primary amides is 1. The third kappa shape index (κ3) is 2.84. The van der Waals surface area contributed by atoms with Gasteiger partial charge in [-0.2, -0.15) is 0 Å². The Bertz CT molecular complexity index is 803. The number of benzene rings is 1. The maximum Gasteiger partial charge on any atom is 0.254 e. The van der Waals surface area contributed by atoms with Crippen LogP contribution in [0.15, 0.2) is 18.2 Å². The summed E-state index contributed by atoms with van der Waals surface area (Å²) in [6.07, 6.45) is 3.07. The molecule has 6 nitrogen and oxygen atoms in total. The molecule has 0 saturated carbocycles. The molecule has 1 aromatic carbocycles. The van der Waals surface area contributed by atoms with Gasteiger partial charge in [0, 0.05) is 12.1 Å². The number of nitrogens with zero attached hydrogens (tertiary/aromatic N) is 3. The molecule has 0 aliphatic carbocycles. The number of carbonyl (C=O) groups is 2. The Kier molecular flexibility index (Phi) is 4.46. The van der Waals surface area contributed by atoms with Gasteiger partial charge in [0.1, 0.15) is 6.04 Å². The van der Waals surface area contributed by atoms with E-state index >= 15 is 0 Å². The lowest BCUT2D eigenvalue weighted by Crippen LogP contribution is -2.43. The quantitative estimate of drug-likeness (QED) is 0.928. The van der Waals surface area contributed by atoms with Gasteiger partial charge in [0.05, 0.1) is 22.4 Å². The molecule has 1 aliphatic rings. The standard InChI is InChI=1S/C18H22N4O2/c1-3-12-13(4-2)21-15-10-11(7-8-14(15)20-12)18(24)22-9-5-6-16(22)17(19)23/h7-8,10,16H,3-6,9H2,1-2H3,(H2,19,23)/t16-/m0/s1. The van der Waals surface area contributed by atoms with E-state index in [0.717, 1.165) is 36.2 Å². The zero-order valence-electron chi connectivity index (χ0n) is 14.1. The van der Waals surface area contributed by atoms with Crippen molar-refractivity contribution in [3.63, 3.8) is 0 Å². The van der Waals surface area contributed by atoms with Gasteiger partial charge in [0.2, 0.25) is 5.91 Å². The van der Waals surface area contributed by atoms with Gasteiger partial charge < -0.3 is 10.6 Å². The van der Waals surface area contributed by atoms with Gasteiger partial charge in [-0.25, -0.2) is 9.97 Å². The van der Waals surface area contributed by atoms with Crippen LogP contribution in [0.25, 0.3) is 11.0 Å². The van der Waals surface area contributed by atoms with Gasteiger partial charge >= 0.3 is 0 Å². The summed E-state index contributed by atoms with van der Waals surface area (Å²) in [6, 6.07) is 4.83. The molecule has 0 radical (unpaired) electrons. The SMILES string of the molecule is CCc1nc2ccc(C(=O)N3CCC[C@H]3C(N)=O)cc2nc1CC. The summed E-state index contributed by atoms with van der Waals surface area (Å²) >= 11 is 0. The van der Waals surface area contributed by atoms with Gasteiger partial charge in [0.15, 0.2) is 0 Å². The number of amides is 2. The highest BCUT2D eigenvalue weighted by atomic mass is 16.2. The number of aryl methyl sites for hydroxylation is 2. The lowest BCUT2D eigenvalue weighted by atomic mass is 10.1. The van der Waals surface area contributed by atoms with Crippen molar-refractivity contribution in [2.45, 2.75) is 45.6 Å². The minimum atomic E-state index is -0.507. The Morgan fingerprint density at radius 3 is 2.46 bits per heavy atom. The van der Waals surface area contributed by atoms with Crippen LogP contribution < -0.4 is 5.73 Å². The van der Waals surface area contributed by atoms with Crippen LogP contribution >= 0.6 is 0 Å². The second kappa shape index (κ2) is 6.55. The van der Waals surface area contributed by atoms with Crippen LogP contribution in [0, 0.1) is 0 Å². The maximum absolute atomic E-state index is 12.8. The van der Waals surface area contributed by atoms with E-state index in [1.165, 1.54) is 0 Å². The first-order chi connectivity index (χ1) is 11.5. The molecule has 0 bridgehead atoms. The molecule has 1 aromatic heterocycles. The van der Waals surface area contributed by atoms with E-state index in [0.29, 0.717) is 24.0 Å². The summed E-state index contributed by atoms with van der Waals surface area (Å²) in [6.45, 7) is 4.67. The lowest BCUT2D eigenvalue weighted by molar-refractivity contribution is -0.121. The smallest absolute Gasteiger partial charge is 0.254 e. The maximum atomic E-state index is 12.8. The fourth-order valence-corrected chi connectivity index (χ4v) is 3.30. The fraction of sp³-hybridized carbons (Fsp3) is 0.444. The molecule has 1 aliphatic heterocycles. The molecular weight excluding hydrogens is 304 g/mol. The number of likely N-dealkylation sites (tertiary alicyclic amines) is 1. The van der Waals surface area contributed by atoms with Crippen molar-refractivity contribution in [3.8, 4) is 0 Å². The second-order valence-electron chi connectivity index (χ2n) is 6.09. The van der Waals surface area contributed by atoms with Crippen LogP contribution in [0.4, 0.5) is 0 Å². The number of hydrogen-bond donors (Lipinski definition) is 1. The van der Waals surface area contributed by atoms with Crippen molar-refractivity contribution in [2.75, 3.05) is 6.54 Å². The molecule has 6 heteroatoms. The van der Waals surface area contributed by atoms with E-state index in [-0.39, 0.29) is 5.91 Å². The van der Waals surface area contributed by atoms with Crippen LogP contribution in [0.2, 0.25) is 0 Å². The number of fused-ring (bicyclic) bond motifs is 1. The highest BCUT2D eigenvalue weighted by Gasteiger charge is 2.33. The third-order valence-electron chi connectivity index (χ3n) is 4.58. The summed E-state index contributed by atoms with van der Waals surface area (Å²) in [4.78, 5) is 35.1. The molecule has 1 atom stereocenters. The summed E-state index contributed by atoms with van der Waals surface area (Å²) in [5.74, 6) is -0.611. The van der Waals surface area contributed by atoms with Gasteiger partial charge in [0.25, 0.3) is 5.91 Å². The number of hydrogen-bond acceptors (Lipinski definition) is 4. The fourth-order valence-electron chi connectivity index (χ4n) is 3.30. The molecule has 2 aromatic rings. The Morgan fingerprint density at radius 2 is 1.83 bits per heavy atom. The van der Waals surface area contributed by atoms with Gasteiger partial charge in [-0.15, -0.1) is 0 Å². The molecule has 3 rings (SSSR count). The number of rotatable bonds is 4. The zero-order chi connectivity index (χ0) is 17.3. The third-order valence-corrected chi connectivity index (χ3v) is 4.58. The molecule has 126 valence electrons. The predicted molar refractivity (Wildman–Crippen MR) is 91.5 cm³/mol. The van der Waals surface area contributed by atoms with Crippen molar-refractivity contribution in [1.82, 2.24) is 14.9 Å². The largest absolute Gasteiger partial charge is 0.368 e. The van der Waals surface area contributed by atoms with Gasteiger partial charge in [-0.3, -0.25) is 9.59 Å². The van der Waals surface area contributed by atoms with E-state index in [1.807, 2.05) is 13.0 Å². The van der Waals surface area contributed by atoms with Crippen molar-refractivity contribution in [1.29, 1.82) is 0 Å². The molecule has 2 heterocycles. The topological polar surface area (TPSA) is 89.2 Å². The van der Waals surface area contributed by atoms with Crippen LogP contribution in [0.5, 0.6) is 0 Å². The van der Waals surface area contributed by atoms with Crippen LogP contribution in [-0.4, -0.2) is 39.3 Å². The molecule has 0 unspecified atom stereocenters. The zero-order valence-corrected chi connectivity index (χ0v) is 14.1. The first kappa shape index (κ1) is 16.4. The van der Waals surface area contributed by atoms with Crippen molar-refractivity contribution >= 4 is 22.8 Å². The Hall–Kier alpha value is -2.50. The summed E-state index contributed by atoms with van der Waals surface area (Å²) < 4.78 is 0. The molecule has 1 fully saturated rings. The monoisotopic (exact) mass is 326 g/mol. The van der Waals surface area contributed by atoms with Crippen LogP contribution in [0.1, 0.15) is 48.4 Å². The molecule has 2 N–H and O–H groups in total. The Labute approximate surface area is 141 Å². The van der Waals surface area contributed by atoms with Crippen molar-refractivity contribution < 1.29 is 9.59 Å². The predicted octanol–water partition coefficient (Wildman–Crippen LogP) is 1.84. The van der Waals surface area contributed by atoms with E-state index in [4.69, 9.17) is 5.73 Å². The molecule has 2 amide bonds. The van der Waals surface area contributed by atoms with Crippen molar-refractivity contribution in [2.24, 2.45) is 5.73 Å². The molecule has 1 saturated heterocycles. The van der Waals surface area contributed by atoms with E-state index in [2.05, 4.69) is 16.9 Å². The minimum absolute atomic E-state index is 0.169. The van der Waals surface area contributed by atoms with Crippen LogP contribution in [-0.2, 0) is 17.6 Å². The van der Waals surface area contributed by atoms with E-state index < -0.39 is 11.9 Å². The summed E-state index contributed by atoms with van der Waals surface area (Å²) in [5, 5.41) is 0. The first-order valence-electron chi connectivity index (χ1n) is 8.45. The summed E-state index contributed by atoms with van der Waals surface area (Å²) in [5.41, 5.74) is 9.39. The average molecular weight is 326 g/mol. The first-order valence-corrected chi connectivity index (χ1v) is 8.45. The average Bonchev–Trinajstić information content (AvgIpc) is 3.09. The molecule has 0 spiro atoms. The van der Waals surface area contributed by atoms with Crippen LogP contribution in [0.3, 0.4) is 0 Å². The van der Waals surface area contributed by atoms with E-state index in [9.17, 15) is 9.59 Å². The highest BCUT2D eigenvalue weighted by molar-refractivity contribution is 5.99.